The van der Waals surface area contributed by atoms with Crippen LogP contribution < -0.4 is 0 Å². The highest BCUT2D eigenvalue weighted by molar-refractivity contribution is 5.94. The molecule has 0 amide bonds. The van der Waals surface area contributed by atoms with Crippen molar-refractivity contribution in [2.45, 2.75) is 6.10 Å². The van der Waals surface area contributed by atoms with Gasteiger partial charge in [-0.25, -0.2) is 9.18 Å². The Morgan fingerprint density at radius 2 is 1.76 bits per heavy atom. The van der Waals surface area contributed by atoms with Gasteiger partial charge in [-0.15, -0.1) is 0 Å². The molecule has 2 nitrogen and oxygen atoms in total. The van der Waals surface area contributed by atoms with E-state index in [0.29, 0.717) is 11.1 Å². The van der Waals surface area contributed by atoms with Crippen molar-refractivity contribution >= 4 is 5.97 Å². The van der Waals surface area contributed by atoms with Gasteiger partial charge in [0, 0.05) is 5.56 Å². The molecule has 0 saturated heterocycles. The van der Waals surface area contributed by atoms with E-state index in [9.17, 15) is 9.18 Å². The number of carbonyl (C=O) groups is 1. The van der Waals surface area contributed by atoms with E-state index in [2.05, 4.69) is 0 Å². The van der Waals surface area contributed by atoms with Crippen LogP contribution >= 0.6 is 0 Å². The molecule has 0 N–H and O–H groups in total. The van der Waals surface area contributed by atoms with Crippen molar-refractivity contribution < 1.29 is 13.9 Å². The van der Waals surface area contributed by atoms with Crippen molar-refractivity contribution in [3.63, 3.8) is 0 Å². The van der Waals surface area contributed by atoms with Crippen LogP contribution in [0.2, 0.25) is 0 Å². The fourth-order valence-electron chi connectivity index (χ4n) is 2.07. The van der Waals surface area contributed by atoms with Crippen molar-refractivity contribution in [3.05, 3.63) is 71.0 Å². The van der Waals surface area contributed by atoms with Gasteiger partial charge < -0.3 is 4.74 Å². The molecule has 1 aliphatic heterocycles. The Kier molecular flexibility index (Phi) is 2.18. The first-order chi connectivity index (χ1) is 8.27. The molecule has 1 unspecified atom stereocenters. The van der Waals surface area contributed by atoms with Gasteiger partial charge in [-0.05, 0) is 17.7 Å². The number of esters is 1. The molecule has 0 bridgehead atoms. The fourth-order valence-corrected chi connectivity index (χ4v) is 2.07. The molecule has 2 aromatic rings. The lowest BCUT2D eigenvalue weighted by Gasteiger charge is -2.11. The fraction of sp³-hybridized carbons (Fsp3) is 0.0714. The minimum absolute atomic E-state index is 0.318. The zero-order chi connectivity index (χ0) is 11.8. The highest BCUT2D eigenvalue weighted by Crippen LogP contribution is 2.37. The Morgan fingerprint density at radius 1 is 1.00 bits per heavy atom. The van der Waals surface area contributed by atoms with E-state index in [1.54, 1.807) is 6.07 Å². The second kappa shape index (κ2) is 3.70. The molecule has 1 atom stereocenters. The van der Waals surface area contributed by atoms with Crippen molar-refractivity contribution in [1.29, 1.82) is 0 Å². The number of ether oxygens (including phenoxy) is 1. The highest BCUT2D eigenvalue weighted by atomic mass is 19.1. The topological polar surface area (TPSA) is 26.3 Å². The van der Waals surface area contributed by atoms with Gasteiger partial charge in [-0.1, -0.05) is 36.4 Å². The maximum absolute atomic E-state index is 13.8. The third kappa shape index (κ3) is 1.51. The molecular formula is C14H9FO2. The lowest BCUT2D eigenvalue weighted by atomic mass is 9.99. The summed E-state index contributed by atoms with van der Waals surface area (Å²) in [4.78, 5) is 11.6. The molecular weight excluding hydrogens is 219 g/mol. The quantitative estimate of drug-likeness (QED) is 0.701. The summed E-state index contributed by atoms with van der Waals surface area (Å²) in [6.07, 6.45) is -0.625. The zero-order valence-corrected chi connectivity index (χ0v) is 8.89. The second-order valence-corrected chi connectivity index (χ2v) is 3.90. The lowest BCUT2D eigenvalue weighted by molar-refractivity contribution is 0.0453. The summed E-state index contributed by atoms with van der Waals surface area (Å²) in [6.45, 7) is 0. The minimum Gasteiger partial charge on any atom is -0.449 e. The molecule has 3 rings (SSSR count). The maximum Gasteiger partial charge on any atom is 0.339 e. The number of hydrogen-bond acceptors (Lipinski definition) is 2. The molecule has 1 heterocycles. The smallest absolute Gasteiger partial charge is 0.339 e. The molecule has 84 valence electrons. The molecule has 0 saturated carbocycles. The standard InChI is InChI=1S/C14H9FO2/c15-11-8-4-7-10-12(11)13(17-14(10)16)9-5-2-1-3-6-9/h1-8,13H. The molecule has 0 aliphatic carbocycles. The van der Waals surface area contributed by atoms with E-state index in [-0.39, 0.29) is 0 Å². The average molecular weight is 228 g/mol. The third-order valence-corrected chi connectivity index (χ3v) is 2.86. The van der Waals surface area contributed by atoms with Crippen molar-refractivity contribution in [1.82, 2.24) is 0 Å². The van der Waals surface area contributed by atoms with Crippen molar-refractivity contribution in [2.75, 3.05) is 0 Å². The predicted molar refractivity (Wildman–Crippen MR) is 60.1 cm³/mol. The first-order valence-corrected chi connectivity index (χ1v) is 5.31. The Bertz CT molecular complexity index is 578. The Balaban J connectivity index is 2.16. The predicted octanol–water partition coefficient (Wildman–Crippen LogP) is 3.09. The van der Waals surface area contributed by atoms with Crippen LogP contribution in [0.15, 0.2) is 48.5 Å². The second-order valence-electron chi connectivity index (χ2n) is 3.90. The zero-order valence-electron chi connectivity index (χ0n) is 8.89. The normalized spacial score (nSPS) is 17.7. The minimum atomic E-state index is -0.625. The number of fused-ring (bicyclic) bond motifs is 1. The van der Waals surface area contributed by atoms with Crippen molar-refractivity contribution in [2.24, 2.45) is 0 Å². The number of carbonyl (C=O) groups excluding carboxylic acids is 1. The number of benzene rings is 2. The lowest BCUT2D eigenvalue weighted by Crippen LogP contribution is -2.01. The molecule has 1 aliphatic rings. The molecule has 0 radical (unpaired) electrons. The summed E-state index contributed by atoms with van der Waals surface area (Å²) >= 11 is 0. The summed E-state index contributed by atoms with van der Waals surface area (Å²) in [5.74, 6) is -0.865. The number of rotatable bonds is 1. The molecule has 0 spiro atoms. The van der Waals surface area contributed by atoms with Gasteiger partial charge in [0.15, 0.2) is 6.10 Å². The van der Waals surface area contributed by atoms with E-state index < -0.39 is 17.9 Å². The summed E-state index contributed by atoms with van der Waals surface area (Å²) < 4.78 is 19.0. The van der Waals surface area contributed by atoms with E-state index in [0.717, 1.165) is 5.56 Å². The molecule has 2 aromatic carbocycles. The summed E-state index contributed by atoms with van der Waals surface area (Å²) in [5.41, 5.74) is 1.44. The monoisotopic (exact) mass is 228 g/mol. The van der Waals surface area contributed by atoms with Gasteiger partial charge in [0.2, 0.25) is 0 Å². The number of cyclic esters (lactones) is 1. The van der Waals surface area contributed by atoms with Gasteiger partial charge in [0.05, 0.1) is 5.56 Å². The van der Waals surface area contributed by atoms with E-state index in [1.165, 1.54) is 12.1 Å². The van der Waals surface area contributed by atoms with Crippen molar-refractivity contribution in [3.8, 4) is 0 Å². The van der Waals surface area contributed by atoms with E-state index in [4.69, 9.17) is 4.74 Å². The van der Waals surface area contributed by atoms with Gasteiger partial charge in [-0.2, -0.15) is 0 Å². The van der Waals surface area contributed by atoms with Gasteiger partial charge in [-0.3, -0.25) is 0 Å². The van der Waals surface area contributed by atoms with Gasteiger partial charge in [0.25, 0.3) is 0 Å². The summed E-state index contributed by atoms with van der Waals surface area (Å²) in [5, 5.41) is 0. The van der Waals surface area contributed by atoms with Gasteiger partial charge >= 0.3 is 5.97 Å². The Labute approximate surface area is 97.7 Å². The van der Waals surface area contributed by atoms with Gasteiger partial charge in [0.1, 0.15) is 5.82 Å². The largest absolute Gasteiger partial charge is 0.449 e. The van der Waals surface area contributed by atoms with Crippen LogP contribution in [0.3, 0.4) is 0 Å². The summed E-state index contributed by atoms with van der Waals surface area (Å²) in [7, 11) is 0. The molecule has 17 heavy (non-hydrogen) atoms. The van der Waals surface area contributed by atoms with E-state index >= 15 is 0 Å². The van der Waals surface area contributed by atoms with Crippen LogP contribution in [-0.2, 0) is 4.74 Å². The average Bonchev–Trinajstić information content (AvgIpc) is 2.70. The third-order valence-electron chi connectivity index (χ3n) is 2.86. The Hall–Kier alpha value is -2.16. The van der Waals surface area contributed by atoms with Crippen LogP contribution in [0.4, 0.5) is 4.39 Å². The SMILES string of the molecule is O=C1OC(c2ccccc2)c2c(F)cccc21. The van der Waals surface area contributed by atoms with Crippen LogP contribution in [0.5, 0.6) is 0 Å². The maximum atomic E-state index is 13.8. The molecule has 0 aromatic heterocycles. The summed E-state index contributed by atoms with van der Waals surface area (Å²) in [6, 6.07) is 13.6. The molecule has 3 heteroatoms. The highest BCUT2D eigenvalue weighted by Gasteiger charge is 2.34. The Morgan fingerprint density at radius 3 is 2.53 bits per heavy atom. The first-order valence-electron chi connectivity index (χ1n) is 5.31. The molecule has 0 fully saturated rings. The van der Waals surface area contributed by atoms with Crippen LogP contribution in [0.1, 0.15) is 27.6 Å². The number of hydrogen-bond donors (Lipinski definition) is 0. The first kappa shape index (κ1) is 10.0. The van der Waals surface area contributed by atoms with E-state index in [1.807, 2.05) is 30.3 Å². The van der Waals surface area contributed by atoms with Crippen LogP contribution in [0.25, 0.3) is 0 Å². The number of halogens is 1. The van der Waals surface area contributed by atoms with Crippen LogP contribution in [0, 0.1) is 5.82 Å². The van der Waals surface area contributed by atoms with Crippen LogP contribution in [-0.4, -0.2) is 5.97 Å².